The van der Waals surface area contributed by atoms with E-state index in [1.165, 1.54) is 4.90 Å². The highest BCUT2D eigenvalue weighted by atomic mass is 32.2. The van der Waals surface area contributed by atoms with Crippen molar-refractivity contribution in [2.45, 2.75) is 133 Å². The second-order valence-corrected chi connectivity index (χ2v) is 17.8. The van der Waals surface area contributed by atoms with E-state index in [-0.39, 0.29) is 25.8 Å². The number of ether oxygens (including phenoxy) is 1. The van der Waals surface area contributed by atoms with E-state index in [9.17, 15) is 32.4 Å². The van der Waals surface area contributed by atoms with Gasteiger partial charge in [0.15, 0.2) is 0 Å². The molecule has 284 valence electrons. The maximum atomic E-state index is 14.4. The quantitative estimate of drug-likeness (QED) is 0.197. The highest BCUT2D eigenvalue weighted by Crippen LogP contribution is 2.37. The normalized spacial score (nSPS) is 20.2. The Hall–Kier alpha value is -4.27. The summed E-state index contributed by atoms with van der Waals surface area (Å²) in [6.45, 7) is 9.40. The van der Waals surface area contributed by atoms with Gasteiger partial charge < -0.3 is 25.6 Å². The molecule has 0 unspecified atom stereocenters. The first kappa shape index (κ1) is 38.9. The van der Waals surface area contributed by atoms with Gasteiger partial charge in [0.1, 0.15) is 23.2 Å². The van der Waals surface area contributed by atoms with Crippen molar-refractivity contribution in [2.75, 3.05) is 6.54 Å². The van der Waals surface area contributed by atoms with E-state index < -0.39 is 74.3 Å². The number of pyridine rings is 1. The molecule has 3 fully saturated rings. The minimum atomic E-state index is -3.84. The van der Waals surface area contributed by atoms with Crippen LogP contribution in [0.5, 0.6) is 0 Å². The highest BCUT2D eigenvalue weighted by Gasteiger charge is 2.55. The maximum absolute atomic E-state index is 14.4. The van der Waals surface area contributed by atoms with Crippen LogP contribution >= 0.6 is 0 Å². The summed E-state index contributed by atoms with van der Waals surface area (Å²) in [5.74, 6) is -1.84. The number of likely N-dealkylation sites (tertiary alicyclic amines) is 1. The molecule has 2 saturated carbocycles. The molecule has 0 bridgehead atoms. The average Bonchev–Trinajstić information content (AvgIpc) is 4.00. The van der Waals surface area contributed by atoms with Gasteiger partial charge in [-0.2, -0.15) is 0 Å². The van der Waals surface area contributed by atoms with E-state index in [1.807, 2.05) is 6.07 Å². The van der Waals surface area contributed by atoms with Crippen molar-refractivity contribution >= 4 is 50.6 Å². The van der Waals surface area contributed by atoms with Gasteiger partial charge in [0, 0.05) is 29.7 Å². The van der Waals surface area contributed by atoms with Crippen molar-refractivity contribution in [2.24, 2.45) is 5.92 Å². The highest BCUT2D eigenvalue weighted by molar-refractivity contribution is 7.91. The van der Waals surface area contributed by atoms with Crippen LogP contribution in [0.1, 0.15) is 109 Å². The summed E-state index contributed by atoms with van der Waals surface area (Å²) in [4.78, 5) is 73.6. The van der Waals surface area contributed by atoms with Crippen LogP contribution in [-0.2, 0) is 29.1 Å². The summed E-state index contributed by atoms with van der Waals surface area (Å²) in [5, 5.41) is 8.58. The van der Waals surface area contributed by atoms with Gasteiger partial charge in [0.2, 0.25) is 21.8 Å². The van der Waals surface area contributed by atoms with Gasteiger partial charge in [-0.1, -0.05) is 45.6 Å². The summed E-state index contributed by atoms with van der Waals surface area (Å²) in [6, 6.07) is 5.93. The fraction of sp³-hybridized carbons (Fsp3) is 0.622. The van der Waals surface area contributed by atoms with Crippen LogP contribution in [0.2, 0.25) is 0 Å². The number of unbranched alkanes of at least 4 members (excludes halogenated alkanes) is 2. The number of amides is 5. The van der Waals surface area contributed by atoms with E-state index in [1.54, 1.807) is 51.2 Å². The molecular formula is C37H52N6O8S. The predicted molar refractivity (Wildman–Crippen MR) is 194 cm³/mol. The summed E-state index contributed by atoms with van der Waals surface area (Å²) in [5.41, 5.74) is -1.13. The Bertz CT molecular complexity index is 1780. The van der Waals surface area contributed by atoms with E-state index in [0.717, 1.165) is 30.2 Å². The first-order valence-electron chi connectivity index (χ1n) is 18.3. The number of alkyl carbamates (subject to hydrolysis) is 1. The topological polar surface area (TPSA) is 193 Å². The SMILES string of the molecule is CC(C)CCCCC[C@H](NC(=O)OC(C)(C)C)C(=O)N1C[C@H](NC(=O)c2ccc3ncccc3c2)C[C@H]1C(=O)NC1(C(=O)NS(=O)(=O)C2CC2)CC1. The zero-order valence-electron chi connectivity index (χ0n) is 30.7. The molecule has 2 aromatic rings. The van der Waals surface area contributed by atoms with Gasteiger partial charge in [-0.25, -0.2) is 13.2 Å². The smallest absolute Gasteiger partial charge is 0.408 e. The maximum Gasteiger partial charge on any atom is 0.408 e. The number of sulfonamides is 1. The van der Waals surface area contributed by atoms with Crippen molar-refractivity contribution in [1.82, 2.24) is 30.6 Å². The van der Waals surface area contributed by atoms with Crippen LogP contribution < -0.4 is 20.7 Å². The number of benzene rings is 1. The number of carbonyl (C=O) groups excluding carboxylic acids is 5. The minimum absolute atomic E-state index is 0.0318. The summed E-state index contributed by atoms with van der Waals surface area (Å²) in [6.07, 6.45) is 6.11. The zero-order valence-corrected chi connectivity index (χ0v) is 31.5. The van der Waals surface area contributed by atoms with Gasteiger partial charge in [0.25, 0.3) is 11.8 Å². The largest absolute Gasteiger partial charge is 0.444 e. The monoisotopic (exact) mass is 740 g/mol. The van der Waals surface area contributed by atoms with Gasteiger partial charge >= 0.3 is 6.09 Å². The predicted octanol–water partition coefficient (Wildman–Crippen LogP) is 3.69. The van der Waals surface area contributed by atoms with Crippen LogP contribution in [0.3, 0.4) is 0 Å². The molecule has 0 radical (unpaired) electrons. The molecule has 52 heavy (non-hydrogen) atoms. The first-order chi connectivity index (χ1) is 24.5. The summed E-state index contributed by atoms with van der Waals surface area (Å²) >= 11 is 0. The first-order valence-corrected chi connectivity index (χ1v) is 19.8. The van der Waals surface area contributed by atoms with Crippen molar-refractivity contribution in [1.29, 1.82) is 0 Å². The van der Waals surface area contributed by atoms with Crippen LogP contribution in [0.4, 0.5) is 4.79 Å². The number of carbonyl (C=O) groups is 5. The molecule has 5 rings (SSSR count). The molecule has 15 heteroatoms. The molecule has 1 aliphatic heterocycles. The molecule has 3 aliphatic rings. The van der Waals surface area contributed by atoms with Crippen LogP contribution in [0, 0.1) is 5.92 Å². The zero-order chi connectivity index (χ0) is 37.8. The van der Waals surface area contributed by atoms with Crippen molar-refractivity contribution in [3.05, 3.63) is 42.1 Å². The Morgan fingerprint density at radius 2 is 1.73 bits per heavy atom. The van der Waals surface area contributed by atoms with Crippen molar-refractivity contribution in [3.8, 4) is 0 Å². The number of nitrogens with one attached hydrogen (secondary N) is 4. The molecule has 3 atom stereocenters. The Balaban J connectivity index is 1.35. The van der Waals surface area contributed by atoms with Gasteiger partial charge in [-0.15, -0.1) is 0 Å². The fourth-order valence-electron chi connectivity index (χ4n) is 6.44. The number of nitrogens with zero attached hydrogens (tertiary/aromatic N) is 2. The minimum Gasteiger partial charge on any atom is -0.444 e. The molecule has 1 aromatic heterocycles. The third-order valence-electron chi connectivity index (χ3n) is 9.60. The number of hydrogen-bond acceptors (Lipinski definition) is 9. The Morgan fingerprint density at radius 1 is 1.02 bits per heavy atom. The van der Waals surface area contributed by atoms with Crippen LogP contribution in [0.25, 0.3) is 10.9 Å². The summed E-state index contributed by atoms with van der Waals surface area (Å²) < 4.78 is 32.6. The average molecular weight is 741 g/mol. The van der Waals surface area contributed by atoms with Gasteiger partial charge in [-0.3, -0.25) is 28.9 Å². The standard InChI is InChI=1S/C37H52N6O8S/c1-23(2)10-7-6-8-12-29(40-35(48)51-36(3,4)5)33(46)43-22-26(39-31(44)25-13-16-28-24(20-25)11-9-19-38-28)21-30(43)32(45)41-37(17-18-37)34(47)42-52(49,50)27-14-15-27/h9,11,13,16,19-20,23,26-27,29-30H,6-8,10,12,14-15,17-18,21-22H2,1-5H3,(H,39,44)(H,40,48)(H,41,45)(H,42,47)/t26-,29+,30+/m1/s1. The summed E-state index contributed by atoms with van der Waals surface area (Å²) in [7, 11) is -3.84. The lowest BCUT2D eigenvalue weighted by Gasteiger charge is -2.30. The molecule has 0 spiro atoms. The second kappa shape index (κ2) is 15.8. The number of rotatable bonds is 15. The molecule has 1 saturated heterocycles. The van der Waals surface area contributed by atoms with Crippen LogP contribution in [0.15, 0.2) is 36.5 Å². The van der Waals surface area contributed by atoms with E-state index in [0.29, 0.717) is 37.2 Å². The third kappa shape index (κ3) is 10.2. The van der Waals surface area contributed by atoms with Crippen LogP contribution in [-0.4, -0.2) is 89.1 Å². The van der Waals surface area contributed by atoms with E-state index in [2.05, 4.69) is 39.5 Å². The van der Waals surface area contributed by atoms with E-state index in [4.69, 9.17) is 4.74 Å². The molecule has 5 amide bonds. The second-order valence-electron chi connectivity index (χ2n) is 15.8. The molecule has 14 nitrogen and oxygen atoms in total. The lowest BCUT2D eigenvalue weighted by Crippen LogP contribution is -2.57. The molecule has 4 N–H and O–H groups in total. The van der Waals surface area contributed by atoms with E-state index >= 15 is 0 Å². The number of aromatic nitrogens is 1. The number of fused-ring (bicyclic) bond motifs is 1. The lowest BCUT2D eigenvalue weighted by molar-refractivity contribution is -0.141. The lowest BCUT2D eigenvalue weighted by atomic mass is 10.0. The number of hydrogen-bond donors (Lipinski definition) is 4. The van der Waals surface area contributed by atoms with Gasteiger partial charge in [0.05, 0.1) is 10.8 Å². The third-order valence-corrected chi connectivity index (χ3v) is 11.4. The molecule has 2 heterocycles. The fourth-order valence-corrected chi connectivity index (χ4v) is 7.82. The van der Waals surface area contributed by atoms with Crippen molar-refractivity contribution in [3.63, 3.8) is 0 Å². The Labute approximate surface area is 305 Å². The van der Waals surface area contributed by atoms with Gasteiger partial charge in [-0.05, 0) is 89.5 Å². The molecule has 1 aromatic carbocycles. The Kier molecular flexibility index (Phi) is 11.8. The molecular weight excluding hydrogens is 689 g/mol. The Morgan fingerprint density at radius 3 is 2.38 bits per heavy atom. The van der Waals surface area contributed by atoms with Crippen molar-refractivity contribution < 1.29 is 37.1 Å². The molecule has 2 aliphatic carbocycles.